The second-order valence-corrected chi connectivity index (χ2v) is 8.80. The highest BCUT2D eigenvalue weighted by atomic mass is 16.3. The van der Waals surface area contributed by atoms with E-state index in [1.165, 1.54) is 5.57 Å². The lowest BCUT2D eigenvalue weighted by Crippen LogP contribution is -2.50. The molecule has 0 saturated heterocycles. The third-order valence-corrected chi connectivity index (χ3v) is 7.87. The average molecular weight is 316 g/mol. The zero-order valence-corrected chi connectivity index (χ0v) is 14.2. The van der Waals surface area contributed by atoms with Crippen LogP contribution in [0.2, 0.25) is 0 Å². The fourth-order valence-corrected chi connectivity index (χ4v) is 6.43. The first kappa shape index (κ1) is 15.4. The summed E-state index contributed by atoms with van der Waals surface area (Å²) in [6.07, 6.45) is 9.90. The first-order chi connectivity index (χ1) is 10.9. The Morgan fingerprint density at radius 1 is 1.13 bits per heavy atom. The number of hydrogen-bond acceptors (Lipinski definition) is 3. The zero-order valence-electron chi connectivity index (χ0n) is 14.2. The molecular weight excluding hydrogens is 288 g/mol. The van der Waals surface area contributed by atoms with Crippen molar-refractivity contribution in [1.29, 1.82) is 0 Å². The summed E-state index contributed by atoms with van der Waals surface area (Å²) >= 11 is 0. The van der Waals surface area contributed by atoms with E-state index in [2.05, 4.69) is 19.9 Å². The minimum Gasteiger partial charge on any atom is -0.515 e. The SMILES string of the molecule is C[C@]12CC[C@@H](O)CC1=CC[C@H]1[C@H]2CC[C@]2(C)C(=O)/C(=C/O)C[C@H]12. The summed E-state index contributed by atoms with van der Waals surface area (Å²) in [5.41, 5.74) is 2.03. The van der Waals surface area contributed by atoms with Gasteiger partial charge in [-0.05, 0) is 68.1 Å². The van der Waals surface area contributed by atoms with Crippen molar-refractivity contribution in [3.63, 3.8) is 0 Å². The third kappa shape index (κ3) is 1.95. The smallest absolute Gasteiger partial charge is 0.168 e. The summed E-state index contributed by atoms with van der Waals surface area (Å²) in [6, 6.07) is 0. The standard InChI is InChI=1S/C20H28O3/c1-19-7-5-14(22)10-13(19)3-4-15-16(19)6-8-20(2)17(15)9-12(11-21)18(20)23/h3,11,14-17,21-22H,4-10H2,1-2H3/b12-11+/t14-,15+,16-,17-,19+,20+/m1/s1. The van der Waals surface area contributed by atoms with Crippen LogP contribution >= 0.6 is 0 Å². The van der Waals surface area contributed by atoms with Crippen molar-refractivity contribution in [1.82, 2.24) is 0 Å². The van der Waals surface area contributed by atoms with Crippen LogP contribution in [0.25, 0.3) is 0 Å². The van der Waals surface area contributed by atoms with E-state index in [0.717, 1.165) is 51.2 Å². The number of carbonyl (C=O) groups excluding carboxylic acids is 1. The molecule has 0 unspecified atom stereocenters. The molecule has 0 bridgehead atoms. The van der Waals surface area contributed by atoms with Crippen LogP contribution in [0.4, 0.5) is 0 Å². The molecule has 6 atom stereocenters. The predicted molar refractivity (Wildman–Crippen MR) is 88.8 cm³/mol. The predicted octanol–water partition coefficient (Wildman–Crippen LogP) is 3.93. The molecule has 4 aliphatic rings. The maximum Gasteiger partial charge on any atom is 0.168 e. The van der Waals surface area contributed by atoms with Gasteiger partial charge in [-0.2, -0.15) is 0 Å². The number of allylic oxidation sites excluding steroid dienone is 2. The summed E-state index contributed by atoms with van der Waals surface area (Å²) in [4.78, 5) is 12.7. The molecule has 0 amide bonds. The molecule has 0 aromatic rings. The van der Waals surface area contributed by atoms with Crippen LogP contribution in [0.15, 0.2) is 23.5 Å². The topological polar surface area (TPSA) is 57.5 Å². The van der Waals surface area contributed by atoms with Crippen molar-refractivity contribution in [2.45, 2.75) is 64.9 Å². The van der Waals surface area contributed by atoms with E-state index in [9.17, 15) is 15.0 Å². The van der Waals surface area contributed by atoms with Gasteiger partial charge >= 0.3 is 0 Å². The first-order valence-corrected chi connectivity index (χ1v) is 9.16. The maximum atomic E-state index is 12.7. The molecule has 2 N–H and O–H groups in total. The second kappa shape index (κ2) is 4.95. The summed E-state index contributed by atoms with van der Waals surface area (Å²) in [5, 5.41) is 19.5. The Hall–Kier alpha value is -1.09. The van der Waals surface area contributed by atoms with Gasteiger partial charge in [-0.15, -0.1) is 0 Å². The molecule has 126 valence electrons. The Balaban J connectivity index is 1.71. The molecule has 23 heavy (non-hydrogen) atoms. The van der Waals surface area contributed by atoms with Crippen LogP contribution in [0.5, 0.6) is 0 Å². The lowest BCUT2D eigenvalue weighted by Gasteiger charge is -2.56. The van der Waals surface area contributed by atoms with E-state index in [0.29, 0.717) is 23.3 Å². The van der Waals surface area contributed by atoms with Gasteiger partial charge in [-0.25, -0.2) is 0 Å². The maximum absolute atomic E-state index is 12.7. The molecule has 0 aromatic heterocycles. The van der Waals surface area contributed by atoms with Crippen molar-refractivity contribution < 1.29 is 15.0 Å². The largest absolute Gasteiger partial charge is 0.515 e. The number of aliphatic hydroxyl groups is 2. The Bertz CT molecular complexity index is 604. The molecule has 0 spiro atoms. The van der Waals surface area contributed by atoms with Gasteiger partial charge in [0.2, 0.25) is 0 Å². The number of fused-ring (bicyclic) bond motifs is 5. The number of rotatable bonds is 0. The minimum atomic E-state index is -0.272. The first-order valence-electron chi connectivity index (χ1n) is 9.16. The van der Waals surface area contributed by atoms with Crippen LogP contribution in [-0.4, -0.2) is 22.1 Å². The normalized spacial score (nSPS) is 51.0. The van der Waals surface area contributed by atoms with E-state index in [1.54, 1.807) is 0 Å². The summed E-state index contributed by atoms with van der Waals surface area (Å²) < 4.78 is 0. The second-order valence-electron chi connectivity index (χ2n) is 8.80. The highest BCUT2D eigenvalue weighted by molar-refractivity contribution is 6.02. The van der Waals surface area contributed by atoms with E-state index in [1.807, 2.05) is 0 Å². The number of hydrogen-bond donors (Lipinski definition) is 2. The zero-order chi connectivity index (χ0) is 16.4. The quantitative estimate of drug-likeness (QED) is 0.404. The van der Waals surface area contributed by atoms with Crippen molar-refractivity contribution in [3.8, 4) is 0 Å². The highest BCUT2D eigenvalue weighted by Gasteiger charge is 2.59. The summed E-state index contributed by atoms with van der Waals surface area (Å²) in [5.74, 6) is 1.72. The van der Waals surface area contributed by atoms with E-state index in [4.69, 9.17) is 0 Å². The van der Waals surface area contributed by atoms with Gasteiger partial charge in [0.05, 0.1) is 12.4 Å². The highest BCUT2D eigenvalue weighted by Crippen LogP contribution is 2.64. The van der Waals surface area contributed by atoms with Crippen molar-refractivity contribution >= 4 is 5.78 Å². The van der Waals surface area contributed by atoms with Gasteiger partial charge in [0.25, 0.3) is 0 Å². The molecule has 3 saturated carbocycles. The molecule has 4 aliphatic carbocycles. The molecule has 4 rings (SSSR count). The summed E-state index contributed by atoms with van der Waals surface area (Å²) in [7, 11) is 0. The average Bonchev–Trinajstić information content (AvgIpc) is 2.79. The third-order valence-electron chi connectivity index (χ3n) is 7.87. The number of Topliss-reactive ketones (excluding diaryl/α,β-unsaturated/α-hetero) is 1. The Morgan fingerprint density at radius 2 is 1.87 bits per heavy atom. The Morgan fingerprint density at radius 3 is 2.61 bits per heavy atom. The van der Waals surface area contributed by atoms with Crippen molar-refractivity contribution in [2.75, 3.05) is 0 Å². The Labute approximate surface area is 138 Å². The van der Waals surface area contributed by atoms with Gasteiger partial charge < -0.3 is 10.2 Å². The van der Waals surface area contributed by atoms with Crippen LogP contribution in [-0.2, 0) is 4.79 Å². The molecule has 0 heterocycles. The molecule has 3 nitrogen and oxygen atoms in total. The van der Waals surface area contributed by atoms with Crippen LogP contribution in [0.1, 0.15) is 58.8 Å². The van der Waals surface area contributed by atoms with Gasteiger partial charge in [-0.3, -0.25) is 4.79 Å². The molecular formula is C20H28O3. The molecule has 3 fully saturated rings. The molecule has 0 aliphatic heterocycles. The van der Waals surface area contributed by atoms with E-state index < -0.39 is 0 Å². The Kier molecular flexibility index (Phi) is 3.32. The molecule has 0 aromatic carbocycles. The van der Waals surface area contributed by atoms with E-state index in [-0.39, 0.29) is 22.7 Å². The van der Waals surface area contributed by atoms with Gasteiger partial charge in [0, 0.05) is 11.0 Å². The lowest BCUT2D eigenvalue weighted by atomic mass is 9.48. The number of carbonyl (C=O) groups is 1. The van der Waals surface area contributed by atoms with Gasteiger partial charge in [0.15, 0.2) is 5.78 Å². The molecule has 0 radical (unpaired) electrons. The lowest BCUT2D eigenvalue weighted by molar-refractivity contribution is -0.130. The van der Waals surface area contributed by atoms with Crippen LogP contribution in [0, 0.1) is 28.6 Å². The fraction of sp³-hybridized carbons (Fsp3) is 0.750. The molecule has 3 heteroatoms. The van der Waals surface area contributed by atoms with Crippen LogP contribution in [0.3, 0.4) is 0 Å². The van der Waals surface area contributed by atoms with Gasteiger partial charge in [0.1, 0.15) is 0 Å². The van der Waals surface area contributed by atoms with Crippen LogP contribution < -0.4 is 0 Å². The van der Waals surface area contributed by atoms with Crippen molar-refractivity contribution in [2.24, 2.45) is 28.6 Å². The minimum absolute atomic E-state index is 0.170. The van der Waals surface area contributed by atoms with Crippen molar-refractivity contribution in [3.05, 3.63) is 23.5 Å². The van der Waals surface area contributed by atoms with Gasteiger partial charge in [-0.1, -0.05) is 25.5 Å². The number of aliphatic hydroxyl groups excluding tert-OH is 2. The monoisotopic (exact) mass is 316 g/mol. The fourth-order valence-electron chi connectivity index (χ4n) is 6.43. The number of ketones is 1. The van der Waals surface area contributed by atoms with E-state index >= 15 is 0 Å². The summed E-state index contributed by atoms with van der Waals surface area (Å²) in [6.45, 7) is 4.52.